The minimum atomic E-state index is -0.0312. The number of rotatable bonds is 2. The van der Waals surface area contributed by atoms with Gasteiger partial charge in [0.2, 0.25) is 0 Å². The third kappa shape index (κ3) is 2.58. The van der Waals surface area contributed by atoms with E-state index in [2.05, 4.69) is 5.16 Å². The van der Waals surface area contributed by atoms with Crippen LogP contribution in [0.2, 0.25) is 0 Å². The van der Waals surface area contributed by atoms with E-state index in [0.717, 1.165) is 24.9 Å². The first-order valence-corrected chi connectivity index (χ1v) is 6.45. The Balaban J connectivity index is 2.05. The largest absolute Gasteiger partial charge is 0.409 e. The highest BCUT2D eigenvalue weighted by Gasteiger charge is 2.26. The van der Waals surface area contributed by atoms with Crippen LogP contribution in [0.3, 0.4) is 0 Å². The van der Waals surface area contributed by atoms with Crippen LogP contribution in [0.1, 0.15) is 23.2 Å². The smallest absolute Gasteiger partial charge is 0.254 e. The van der Waals surface area contributed by atoms with Gasteiger partial charge < -0.3 is 15.8 Å². The Bertz CT molecular complexity index is 416. The second-order valence-electron chi connectivity index (χ2n) is 4.13. The highest BCUT2D eigenvalue weighted by atomic mass is 32.1. The van der Waals surface area contributed by atoms with Crippen molar-refractivity contribution in [2.45, 2.75) is 12.8 Å². The summed E-state index contributed by atoms with van der Waals surface area (Å²) in [6.07, 6.45) is 1.75. The van der Waals surface area contributed by atoms with E-state index in [0.29, 0.717) is 6.54 Å². The van der Waals surface area contributed by atoms with E-state index in [4.69, 9.17) is 10.9 Å². The maximum absolute atomic E-state index is 12.1. The summed E-state index contributed by atoms with van der Waals surface area (Å²) in [6, 6.07) is 1.82. The van der Waals surface area contributed by atoms with Gasteiger partial charge in [-0.1, -0.05) is 5.16 Å². The molecular weight excluding hydrogens is 238 g/mol. The molecule has 6 heteroatoms. The van der Waals surface area contributed by atoms with Gasteiger partial charge in [-0.25, -0.2) is 0 Å². The number of nitrogens with two attached hydrogens (primary N) is 1. The second-order valence-corrected chi connectivity index (χ2v) is 4.91. The number of thiophene rings is 1. The fourth-order valence-corrected chi connectivity index (χ4v) is 2.68. The van der Waals surface area contributed by atoms with E-state index in [-0.39, 0.29) is 17.7 Å². The number of amides is 1. The Kier molecular flexibility index (Phi) is 3.63. The number of carbonyl (C=O) groups excluding carboxylic acids is 1. The lowest BCUT2D eigenvalue weighted by Crippen LogP contribution is -2.44. The number of carbonyl (C=O) groups is 1. The number of hydrogen-bond donors (Lipinski definition) is 2. The van der Waals surface area contributed by atoms with Crippen molar-refractivity contribution in [3.63, 3.8) is 0 Å². The molecule has 1 aromatic heterocycles. The molecule has 92 valence electrons. The van der Waals surface area contributed by atoms with Crippen molar-refractivity contribution in [3.05, 3.63) is 22.4 Å². The van der Waals surface area contributed by atoms with Gasteiger partial charge >= 0.3 is 0 Å². The molecule has 1 unspecified atom stereocenters. The zero-order chi connectivity index (χ0) is 12.3. The number of oxime groups is 1. The molecule has 1 aliphatic rings. The van der Waals surface area contributed by atoms with Gasteiger partial charge in [-0.05, 0) is 24.3 Å². The summed E-state index contributed by atoms with van der Waals surface area (Å²) in [5, 5.41) is 15.4. The molecule has 0 aromatic carbocycles. The zero-order valence-electron chi connectivity index (χ0n) is 9.37. The molecule has 0 radical (unpaired) electrons. The van der Waals surface area contributed by atoms with Gasteiger partial charge in [-0.2, -0.15) is 11.3 Å². The highest BCUT2D eigenvalue weighted by Crippen LogP contribution is 2.19. The molecule has 1 aromatic rings. The van der Waals surface area contributed by atoms with E-state index >= 15 is 0 Å². The number of nitrogens with zero attached hydrogens (tertiary/aromatic N) is 2. The molecule has 1 saturated heterocycles. The third-order valence-corrected chi connectivity index (χ3v) is 3.69. The Morgan fingerprint density at radius 2 is 2.47 bits per heavy atom. The minimum absolute atomic E-state index is 0.0293. The van der Waals surface area contributed by atoms with Crippen molar-refractivity contribution < 1.29 is 10.0 Å². The van der Waals surface area contributed by atoms with Crippen molar-refractivity contribution in [2.24, 2.45) is 16.8 Å². The molecule has 3 N–H and O–H groups in total. The lowest BCUT2D eigenvalue weighted by molar-refractivity contribution is 0.0702. The molecule has 0 spiro atoms. The summed E-state index contributed by atoms with van der Waals surface area (Å²) in [6.45, 7) is 1.27. The predicted molar refractivity (Wildman–Crippen MR) is 66.4 cm³/mol. The maximum atomic E-state index is 12.1. The van der Waals surface area contributed by atoms with Crippen molar-refractivity contribution in [1.82, 2.24) is 4.90 Å². The number of amidine groups is 1. The molecule has 2 rings (SSSR count). The molecule has 1 atom stereocenters. The van der Waals surface area contributed by atoms with Gasteiger partial charge in [0.1, 0.15) is 5.84 Å². The van der Waals surface area contributed by atoms with Gasteiger partial charge in [0, 0.05) is 24.4 Å². The van der Waals surface area contributed by atoms with Crippen molar-refractivity contribution in [3.8, 4) is 0 Å². The normalized spacial score (nSPS) is 21.5. The van der Waals surface area contributed by atoms with Crippen LogP contribution in [-0.2, 0) is 0 Å². The maximum Gasteiger partial charge on any atom is 0.254 e. The van der Waals surface area contributed by atoms with Gasteiger partial charge in [-0.15, -0.1) is 0 Å². The molecule has 5 nitrogen and oxygen atoms in total. The molecule has 1 fully saturated rings. The van der Waals surface area contributed by atoms with E-state index in [1.54, 1.807) is 4.90 Å². The molecule has 2 heterocycles. The molecule has 1 amide bonds. The number of hydrogen-bond acceptors (Lipinski definition) is 4. The summed E-state index contributed by atoms with van der Waals surface area (Å²) in [5.74, 6) is 0.214. The fraction of sp³-hybridized carbons (Fsp3) is 0.455. The summed E-state index contributed by atoms with van der Waals surface area (Å²) < 4.78 is 0. The van der Waals surface area contributed by atoms with Crippen LogP contribution in [-0.4, -0.2) is 34.9 Å². The van der Waals surface area contributed by atoms with Gasteiger partial charge in [0.15, 0.2) is 0 Å². The van der Waals surface area contributed by atoms with Crippen LogP contribution >= 0.6 is 11.3 Å². The Morgan fingerprint density at radius 3 is 3.12 bits per heavy atom. The fourth-order valence-electron chi connectivity index (χ4n) is 2.05. The Hall–Kier alpha value is -1.56. The second kappa shape index (κ2) is 5.18. The summed E-state index contributed by atoms with van der Waals surface area (Å²) in [4.78, 5) is 13.9. The lowest BCUT2D eigenvalue weighted by Gasteiger charge is -2.31. The third-order valence-electron chi connectivity index (χ3n) is 3.01. The van der Waals surface area contributed by atoms with E-state index in [1.165, 1.54) is 11.3 Å². The van der Waals surface area contributed by atoms with E-state index in [9.17, 15) is 4.79 Å². The van der Waals surface area contributed by atoms with Crippen molar-refractivity contribution in [1.29, 1.82) is 0 Å². The van der Waals surface area contributed by atoms with E-state index < -0.39 is 0 Å². The molecule has 0 aliphatic carbocycles. The first-order valence-electron chi connectivity index (χ1n) is 5.51. The van der Waals surface area contributed by atoms with Crippen LogP contribution in [0.25, 0.3) is 0 Å². The Morgan fingerprint density at radius 1 is 1.65 bits per heavy atom. The lowest BCUT2D eigenvalue weighted by atomic mass is 9.96. The molecule has 0 saturated carbocycles. The Labute approximate surface area is 104 Å². The van der Waals surface area contributed by atoms with Gasteiger partial charge in [0.05, 0.1) is 5.56 Å². The topological polar surface area (TPSA) is 78.9 Å². The zero-order valence-corrected chi connectivity index (χ0v) is 10.2. The number of piperidine rings is 1. The summed E-state index contributed by atoms with van der Waals surface area (Å²) in [5.41, 5.74) is 6.31. The van der Waals surface area contributed by atoms with Crippen LogP contribution in [0.5, 0.6) is 0 Å². The highest BCUT2D eigenvalue weighted by molar-refractivity contribution is 7.08. The SMILES string of the molecule is NC(=NO)C1CCCN(C(=O)c2ccsc2)C1. The van der Waals surface area contributed by atoms with Crippen LogP contribution in [0.4, 0.5) is 0 Å². The number of likely N-dealkylation sites (tertiary alicyclic amines) is 1. The van der Waals surface area contributed by atoms with Crippen LogP contribution < -0.4 is 5.73 Å². The van der Waals surface area contributed by atoms with Crippen molar-refractivity contribution in [2.75, 3.05) is 13.1 Å². The quantitative estimate of drug-likeness (QED) is 0.361. The van der Waals surface area contributed by atoms with Gasteiger partial charge in [0.25, 0.3) is 5.91 Å². The monoisotopic (exact) mass is 253 g/mol. The van der Waals surface area contributed by atoms with E-state index in [1.807, 2.05) is 16.8 Å². The summed E-state index contributed by atoms with van der Waals surface area (Å²) in [7, 11) is 0. The average molecular weight is 253 g/mol. The molecule has 17 heavy (non-hydrogen) atoms. The minimum Gasteiger partial charge on any atom is -0.409 e. The van der Waals surface area contributed by atoms with Crippen LogP contribution in [0.15, 0.2) is 22.0 Å². The van der Waals surface area contributed by atoms with Crippen molar-refractivity contribution >= 4 is 23.1 Å². The first-order chi connectivity index (χ1) is 8.22. The predicted octanol–water partition coefficient (Wildman–Crippen LogP) is 1.35. The molecular formula is C11H15N3O2S. The molecule has 0 bridgehead atoms. The van der Waals surface area contributed by atoms with Crippen LogP contribution in [0, 0.1) is 5.92 Å². The molecule has 1 aliphatic heterocycles. The first kappa shape index (κ1) is 11.9. The average Bonchev–Trinajstić information content (AvgIpc) is 2.91. The standard InChI is InChI=1S/C11H15N3O2S/c12-10(13-16)8-2-1-4-14(6-8)11(15)9-3-5-17-7-9/h3,5,7-8,16H,1-2,4,6H2,(H2,12,13). The van der Waals surface area contributed by atoms with Gasteiger partial charge in [-0.3, -0.25) is 4.79 Å². The summed E-state index contributed by atoms with van der Waals surface area (Å²) >= 11 is 1.51.